The fourth-order valence-corrected chi connectivity index (χ4v) is 3.74. The van der Waals surface area contributed by atoms with Crippen molar-refractivity contribution in [3.05, 3.63) is 58.8 Å². The van der Waals surface area contributed by atoms with Crippen LogP contribution < -0.4 is 10.2 Å². The van der Waals surface area contributed by atoms with Crippen molar-refractivity contribution in [3.8, 4) is 0 Å². The van der Waals surface area contributed by atoms with Crippen LogP contribution in [0.2, 0.25) is 0 Å². The quantitative estimate of drug-likeness (QED) is 0.831. The number of carbonyl (C=O) groups is 1. The Bertz CT molecular complexity index is 794. The number of ether oxygens (including phenoxy) is 1. The summed E-state index contributed by atoms with van der Waals surface area (Å²) in [5.41, 5.74) is 4.75. The van der Waals surface area contributed by atoms with E-state index in [4.69, 9.17) is 4.74 Å². The third-order valence-corrected chi connectivity index (χ3v) is 5.16. The molecule has 2 heterocycles. The lowest BCUT2D eigenvalue weighted by Crippen LogP contribution is -2.45. The Kier molecular flexibility index (Phi) is 6.68. The zero-order valence-electron chi connectivity index (χ0n) is 17.4. The van der Waals surface area contributed by atoms with E-state index in [1.165, 1.54) is 16.7 Å². The van der Waals surface area contributed by atoms with E-state index >= 15 is 0 Å². The summed E-state index contributed by atoms with van der Waals surface area (Å²) in [6.45, 7) is 10.6. The van der Waals surface area contributed by atoms with Gasteiger partial charge in [0, 0.05) is 32.3 Å². The maximum absolute atomic E-state index is 12.2. The van der Waals surface area contributed by atoms with E-state index in [1.54, 1.807) is 0 Å². The van der Waals surface area contributed by atoms with E-state index in [0.717, 1.165) is 30.9 Å². The lowest BCUT2D eigenvalue weighted by Gasteiger charge is -2.36. The summed E-state index contributed by atoms with van der Waals surface area (Å²) in [4.78, 5) is 19.0. The second-order valence-corrected chi connectivity index (χ2v) is 7.89. The molecule has 0 saturated carbocycles. The molecule has 2 atom stereocenters. The van der Waals surface area contributed by atoms with Crippen LogP contribution in [0.25, 0.3) is 0 Å². The van der Waals surface area contributed by atoms with E-state index in [1.807, 2.05) is 18.3 Å². The van der Waals surface area contributed by atoms with E-state index < -0.39 is 0 Å². The van der Waals surface area contributed by atoms with Gasteiger partial charge in [-0.2, -0.15) is 0 Å². The Morgan fingerprint density at radius 1 is 1.18 bits per heavy atom. The lowest BCUT2D eigenvalue weighted by molar-refractivity contribution is -0.121. The summed E-state index contributed by atoms with van der Waals surface area (Å²) in [5.74, 6) is 1.03. The van der Waals surface area contributed by atoms with Crippen LogP contribution in [0.1, 0.15) is 42.5 Å². The smallest absolute Gasteiger partial charge is 0.220 e. The number of carbonyl (C=O) groups excluding carboxylic acids is 1. The standard InChI is InChI=1S/C23H31N3O2/c1-16-5-7-21(17(2)11-16)8-10-23(27)25-13-20-6-9-22(24-12-20)26-14-18(3)28-19(4)15-26/h5-7,9,11-12,18-19H,8,10,13-15H2,1-4H3,(H,25,27). The first-order chi connectivity index (χ1) is 13.4. The van der Waals surface area contributed by atoms with Gasteiger partial charge < -0.3 is 15.0 Å². The van der Waals surface area contributed by atoms with Crippen molar-refractivity contribution < 1.29 is 9.53 Å². The molecule has 0 spiro atoms. The zero-order chi connectivity index (χ0) is 20.1. The molecule has 2 unspecified atom stereocenters. The van der Waals surface area contributed by atoms with E-state index in [-0.39, 0.29) is 18.1 Å². The van der Waals surface area contributed by atoms with Crippen LogP contribution in [0.15, 0.2) is 36.5 Å². The van der Waals surface area contributed by atoms with Crippen molar-refractivity contribution in [2.24, 2.45) is 0 Å². The Balaban J connectivity index is 1.47. The maximum atomic E-state index is 12.2. The summed E-state index contributed by atoms with van der Waals surface area (Å²) < 4.78 is 5.78. The monoisotopic (exact) mass is 381 g/mol. The number of nitrogens with zero attached hydrogens (tertiary/aromatic N) is 2. The number of rotatable bonds is 6. The second kappa shape index (κ2) is 9.20. The fourth-order valence-electron chi connectivity index (χ4n) is 3.74. The van der Waals surface area contributed by atoms with Crippen LogP contribution in [-0.2, 0) is 22.5 Å². The van der Waals surface area contributed by atoms with Crippen LogP contribution in [0.3, 0.4) is 0 Å². The number of pyridine rings is 1. The highest BCUT2D eigenvalue weighted by Gasteiger charge is 2.22. The predicted octanol–water partition coefficient (Wildman–Crippen LogP) is 3.56. The number of hydrogen-bond donors (Lipinski definition) is 1. The van der Waals surface area contributed by atoms with Crippen LogP contribution in [0.4, 0.5) is 5.82 Å². The lowest BCUT2D eigenvalue weighted by atomic mass is 10.0. The highest BCUT2D eigenvalue weighted by atomic mass is 16.5. The molecule has 28 heavy (non-hydrogen) atoms. The van der Waals surface area contributed by atoms with E-state index in [9.17, 15) is 4.79 Å². The summed E-state index contributed by atoms with van der Waals surface area (Å²) in [6, 6.07) is 10.5. The van der Waals surface area contributed by atoms with Gasteiger partial charge in [0.15, 0.2) is 0 Å². The Labute approximate surface area is 168 Å². The topological polar surface area (TPSA) is 54.5 Å². The molecule has 0 bridgehead atoms. The highest BCUT2D eigenvalue weighted by Crippen LogP contribution is 2.18. The number of aromatic nitrogens is 1. The van der Waals surface area contributed by atoms with Crippen molar-refractivity contribution in [1.29, 1.82) is 0 Å². The second-order valence-electron chi connectivity index (χ2n) is 7.89. The van der Waals surface area contributed by atoms with E-state index in [2.05, 4.69) is 61.1 Å². The first-order valence-electron chi connectivity index (χ1n) is 10.1. The molecule has 1 aromatic heterocycles. The fraction of sp³-hybridized carbons (Fsp3) is 0.478. The Hall–Kier alpha value is -2.40. The third kappa shape index (κ3) is 5.55. The van der Waals surface area contributed by atoms with Crippen LogP contribution in [-0.4, -0.2) is 36.2 Å². The molecule has 1 amide bonds. The molecule has 1 N–H and O–H groups in total. The van der Waals surface area contributed by atoms with Gasteiger partial charge >= 0.3 is 0 Å². The molecule has 0 radical (unpaired) electrons. The normalized spacial score (nSPS) is 19.5. The number of morpholine rings is 1. The van der Waals surface area contributed by atoms with Crippen molar-refractivity contribution >= 4 is 11.7 Å². The molecule has 5 heteroatoms. The average Bonchev–Trinajstić information content (AvgIpc) is 2.65. The summed E-state index contributed by atoms with van der Waals surface area (Å²) in [7, 11) is 0. The number of amides is 1. The molecule has 1 fully saturated rings. The number of nitrogens with one attached hydrogen (secondary N) is 1. The molecule has 1 aromatic carbocycles. The van der Waals surface area contributed by atoms with Gasteiger partial charge in [-0.15, -0.1) is 0 Å². The van der Waals surface area contributed by atoms with Crippen molar-refractivity contribution in [3.63, 3.8) is 0 Å². The summed E-state index contributed by atoms with van der Waals surface area (Å²) >= 11 is 0. The Morgan fingerprint density at radius 2 is 1.93 bits per heavy atom. The number of anilines is 1. The molecular formula is C23H31N3O2. The van der Waals surface area contributed by atoms with Gasteiger partial charge in [0.05, 0.1) is 12.2 Å². The third-order valence-electron chi connectivity index (χ3n) is 5.16. The van der Waals surface area contributed by atoms with Gasteiger partial charge in [-0.05, 0) is 56.9 Å². The largest absolute Gasteiger partial charge is 0.372 e. The van der Waals surface area contributed by atoms with E-state index in [0.29, 0.717) is 13.0 Å². The molecule has 1 saturated heterocycles. The Morgan fingerprint density at radius 3 is 2.57 bits per heavy atom. The van der Waals surface area contributed by atoms with Gasteiger partial charge in [0.1, 0.15) is 5.82 Å². The van der Waals surface area contributed by atoms with Crippen molar-refractivity contribution in [1.82, 2.24) is 10.3 Å². The molecule has 3 rings (SSSR count). The molecule has 0 aliphatic carbocycles. The molecule has 1 aliphatic rings. The first-order valence-corrected chi connectivity index (χ1v) is 10.1. The molecule has 2 aromatic rings. The minimum Gasteiger partial charge on any atom is -0.372 e. The van der Waals surface area contributed by atoms with Gasteiger partial charge in [0.25, 0.3) is 0 Å². The zero-order valence-corrected chi connectivity index (χ0v) is 17.4. The molecule has 5 nitrogen and oxygen atoms in total. The summed E-state index contributed by atoms with van der Waals surface area (Å²) in [6.07, 6.45) is 3.54. The summed E-state index contributed by atoms with van der Waals surface area (Å²) in [5, 5.41) is 3.00. The number of hydrogen-bond acceptors (Lipinski definition) is 4. The number of benzene rings is 1. The SMILES string of the molecule is Cc1ccc(CCC(=O)NCc2ccc(N3CC(C)OC(C)C3)nc2)c(C)c1. The van der Waals surface area contributed by atoms with Crippen LogP contribution >= 0.6 is 0 Å². The molecule has 150 valence electrons. The van der Waals surface area contributed by atoms with Crippen molar-refractivity contribution in [2.75, 3.05) is 18.0 Å². The van der Waals surface area contributed by atoms with Crippen molar-refractivity contribution in [2.45, 2.75) is 59.3 Å². The first kappa shape index (κ1) is 20.3. The highest BCUT2D eigenvalue weighted by molar-refractivity contribution is 5.76. The predicted molar refractivity (Wildman–Crippen MR) is 113 cm³/mol. The average molecular weight is 382 g/mol. The molecule has 1 aliphatic heterocycles. The molecular weight excluding hydrogens is 350 g/mol. The minimum absolute atomic E-state index is 0.0693. The van der Waals surface area contributed by atoms with Crippen LogP contribution in [0.5, 0.6) is 0 Å². The van der Waals surface area contributed by atoms with Gasteiger partial charge in [-0.1, -0.05) is 29.8 Å². The van der Waals surface area contributed by atoms with Crippen LogP contribution in [0, 0.1) is 13.8 Å². The van der Waals surface area contributed by atoms with Gasteiger partial charge in [-0.25, -0.2) is 4.98 Å². The van der Waals surface area contributed by atoms with Gasteiger partial charge in [0.2, 0.25) is 5.91 Å². The maximum Gasteiger partial charge on any atom is 0.220 e. The number of aryl methyl sites for hydroxylation is 3. The minimum atomic E-state index is 0.0693. The van der Waals surface area contributed by atoms with Gasteiger partial charge in [-0.3, -0.25) is 4.79 Å².